The van der Waals surface area contributed by atoms with Crippen molar-refractivity contribution in [2.24, 2.45) is 0 Å². The smallest absolute Gasteiger partial charge is 0.258 e. The minimum Gasteiger partial charge on any atom is -0.483 e. The number of benzene rings is 1. The highest BCUT2D eigenvalue weighted by atomic mass is 35.5. The van der Waals surface area contributed by atoms with E-state index in [1.807, 2.05) is 44.2 Å². The fourth-order valence-electron chi connectivity index (χ4n) is 2.90. The third-order valence-electron chi connectivity index (χ3n) is 4.09. The van der Waals surface area contributed by atoms with Crippen LogP contribution in [0.4, 0.5) is 0 Å². The molecule has 0 radical (unpaired) electrons. The van der Waals surface area contributed by atoms with E-state index in [9.17, 15) is 4.79 Å². The van der Waals surface area contributed by atoms with Gasteiger partial charge in [-0.05, 0) is 32.0 Å². The van der Waals surface area contributed by atoms with E-state index in [0.29, 0.717) is 16.6 Å². The van der Waals surface area contributed by atoms with Crippen LogP contribution < -0.4 is 14.8 Å². The second-order valence-electron chi connectivity index (χ2n) is 6.74. The molecule has 2 aromatic rings. The number of thiophene rings is 1. The van der Waals surface area contributed by atoms with Gasteiger partial charge in [-0.3, -0.25) is 4.79 Å². The molecular formula is C19H22ClNO4S. The Kier molecular flexibility index (Phi) is 5.75. The maximum Gasteiger partial charge on any atom is 0.258 e. The normalized spacial score (nSPS) is 15.8. The minimum atomic E-state index is -0.252. The lowest BCUT2D eigenvalue weighted by molar-refractivity contribution is -0.123. The van der Waals surface area contributed by atoms with Crippen LogP contribution in [0.25, 0.3) is 0 Å². The third-order valence-corrected chi connectivity index (χ3v) is 5.42. The number of hydrogen-bond donors (Lipinski definition) is 1. The third kappa shape index (κ3) is 4.50. The van der Waals surface area contributed by atoms with Gasteiger partial charge < -0.3 is 19.5 Å². The number of nitrogens with one attached hydrogen (secondary N) is 1. The highest BCUT2D eigenvalue weighted by Gasteiger charge is 2.32. The van der Waals surface area contributed by atoms with Crippen molar-refractivity contribution in [3.8, 4) is 11.5 Å². The monoisotopic (exact) mass is 395 g/mol. The molecule has 7 heteroatoms. The molecule has 1 aromatic heterocycles. The summed E-state index contributed by atoms with van der Waals surface area (Å²) in [5, 5.41) is 2.83. The van der Waals surface area contributed by atoms with E-state index in [1.165, 1.54) is 11.3 Å². The SMILES string of the molecule is COC(CNC(=O)COc1cccc2c1OC(C)(C)C2)c1ccc(Cl)s1. The minimum absolute atomic E-state index is 0.0815. The van der Waals surface area contributed by atoms with Crippen molar-refractivity contribution < 1.29 is 19.0 Å². The van der Waals surface area contributed by atoms with Crippen molar-refractivity contribution in [1.29, 1.82) is 0 Å². The first kappa shape index (κ1) is 19.0. The van der Waals surface area contributed by atoms with E-state index in [4.69, 9.17) is 25.8 Å². The van der Waals surface area contributed by atoms with Crippen LogP contribution in [0, 0.1) is 0 Å². The number of hydrogen-bond acceptors (Lipinski definition) is 5. The Hall–Kier alpha value is -1.76. The summed E-state index contributed by atoms with van der Waals surface area (Å²) in [5.41, 5.74) is 0.847. The molecule has 2 heterocycles. The van der Waals surface area contributed by atoms with Crippen LogP contribution in [0.2, 0.25) is 4.34 Å². The van der Waals surface area contributed by atoms with Crippen molar-refractivity contribution >= 4 is 28.8 Å². The van der Waals surface area contributed by atoms with E-state index < -0.39 is 0 Å². The average Bonchev–Trinajstić information content (AvgIpc) is 3.15. The van der Waals surface area contributed by atoms with Gasteiger partial charge in [0.25, 0.3) is 5.91 Å². The van der Waals surface area contributed by atoms with Crippen molar-refractivity contribution in [1.82, 2.24) is 5.32 Å². The fourth-order valence-corrected chi connectivity index (χ4v) is 4.04. The molecule has 0 fully saturated rings. The molecule has 1 aliphatic rings. The van der Waals surface area contributed by atoms with Gasteiger partial charge in [0.05, 0.1) is 4.34 Å². The maximum absolute atomic E-state index is 12.1. The Morgan fingerprint density at radius 3 is 2.88 bits per heavy atom. The summed E-state index contributed by atoms with van der Waals surface area (Å²) in [6.07, 6.45) is 0.589. The van der Waals surface area contributed by atoms with E-state index in [2.05, 4.69) is 5.32 Å². The van der Waals surface area contributed by atoms with Crippen molar-refractivity contribution in [3.63, 3.8) is 0 Å². The van der Waals surface area contributed by atoms with Gasteiger partial charge in [-0.15, -0.1) is 11.3 Å². The highest BCUT2D eigenvalue weighted by molar-refractivity contribution is 7.16. The second kappa shape index (κ2) is 7.86. The molecule has 1 N–H and O–H groups in total. The molecule has 5 nitrogen and oxygen atoms in total. The zero-order valence-electron chi connectivity index (χ0n) is 15.0. The number of methoxy groups -OCH3 is 1. The Morgan fingerprint density at radius 1 is 1.38 bits per heavy atom. The van der Waals surface area contributed by atoms with Gasteiger partial charge in [0.2, 0.25) is 0 Å². The van der Waals surface area contributed by atoms with Crippen LogP contribution in [0.3, 0.4) is 0 Å². The molecule has 1 atom stereocenters. The Bertz CT molecular complexity index is 790. The van der Waals surface area contributed by atoms with Gasteiger partial charge in [-0.2, -0.15) is 0 Å². The van der Waals surface area contributed by atoms with Crippen molar-refractivity contribution in [3.05, 3.63) is 45.1 Å². The molecule has 1 aromatic carbocycles. The standard InChI is InChI=1S/C19H22ClNO4S/c1-19(2)9-12-5-4-6-13(18(12)25-19)24-11-17(22)21-10-14(23-3)15-7-8-16(20)26-15/h4-8,14H,9-11H2,1-3H3,(H,21,22). The van der Waals surface area contributed by atoms with Crippen molar-refractivity contribution in [2.75, 3.05) is 20.3 Å². The molecular weight excluding hydrogens is 374 g/mol. The second-order valence-corrected chi connectivity index (χ2v) is 8.49. The van der Waals surface area contributed by atoms with Crippen LogP contribution >= 0.6 is 22.9 Å². The molecule has 1 unspecified atom stereocenters. The number of ether oxygens (including phenoxy) is 3. The van der Waals surface area contributed by atoms with Gasteiger partial charge >= 0.3 is 0 Å². The van der Waals surface area contributed by atoms with Crippen LogP contribution in [-0.4, -0.2) is 31.8 Å². The molecule has 3 rings (SSSR count). The molecule has 1 aliphatic heterocycles. The number of para-hydroxylation sites is 1. The van der Waals surface area contributed by atoms with Crippen LogP contribution in [0.5, 0.6) is 11.5 Å². The topological polar surface area (TPSA) is 56.8 Å². The predicted molar refractivity (Wildman–Crippen MR) is 102 cm³/mol. The summed E-state index contributed by atoms with van der Waals surface area (Å²) in [7, 11) is 1.60. The summed E-state index contributed by atoms with van der Waals surface area (Å²) in [6.45, 7) is 4.34. The van der Waals surface area contributed by atoms with Gasteiger partial charge in [-0.25, -0.2) is 0 Å². The number of fused-ring (bicyclic) bond motifs is 1. The van der Waals surface area contributed by atoms with Crippen LogP contribution in [-0.2, 0) is 16.0 Å². The first-order valence-corrected chi connectivity index (χ1v) is 9.56. The van der Waals surface area contributed by atoms with E-state index in [0.717, 1.165) is 22.6 Å². The van der Waals surface area contributed by atoms with Crippen molar-refractivity contribution in [2.45, 2.75) is 32.0 Å². The first-order valence-electron chi connectivity index (χ1n) is 8.36. The largest absolute Gasteiger partial charge is 0.483 e. The van der Waals surface area contributed by atoms with Crippen LogP contribution in [0.15, 0.2) is 30.3 Å². The Morgan fingerprint density at radius 2 is 2.19 bits per heavy atom. The van der Waals surface area contributed by atoms with E-state index in [-0.39, 0.29) is 24.2 Å². The number of halogens is 1. The van der Waals surface area contributed by atoms with Crippen LogP contribution in [0.1, 0.15) is 30.4 Å². The quantitative estimate of drug-likeness (QED) is 0.769. The summed E-state index contributed by atoms with van der Waals surface area (Å²) in [5.74, 6) is 1.11. The lowest BCUT2D eigenvalue weighted by Gasteiger charge is -2.18. The van der Waals surface area contributed by atoms with Gasteiger partial charge in [0, 0.05) is 30.5 Å². The van der Waals surface area contributed by atoms with Gasteiger partial charge in [0.15, 0.2) is 18.1 Å². The number of rotatable bonds is 7. The molecule has 0 aliphatic carbocycles. The number of carbonyl (C=O) groups excluding carboxylic acids is 1. The van der Waals surface area contributed by atoms with E-state index in [1.54, 1.807) is 7.11 Å². The lowest BCUT2D eigenvalue weighted by atomic mass is 10.0. The fraction of sp³-hybridized carbons (Fsp3) is 0.421. The zero-order valence-corrected chi connectivity index (χ0v) is 16.6. The predicted octanol–water partition coefficient (Wildman–Crippen LogP) is 4.00. The van der Waals surface area contributed by atoms with E-state index >= 15 is 0 Å². The molecule has 0 spiro atoms. The number of carbonyl (C=O) groups is 1. The Balaban J connectivity index is 1.53. The molecule has 0 saturated heterocycles. The summed E-state index contributed by atoms with van der Waals surface area (Å²) >= 11 is 7.39. The average molecular weight is 396 g/mol. The highest BCUT2D eigenvalue weighted by Crippen LogP contribution is 2.41. The molecule has 0 saturated carbocycles. The lowest BCUT2D eigenvalue weighted by Crippen LogP contribution is -2.32. The summed E-state index contributed by atoms with van der Waals surface area (Å²) < 4.78 is 17.7. The molecule has 1 amide bonds. The molecule has 140 valence electrons. The summed E-state index contributed by atoms with van der Waals surface area (Å²) in [4.78, 5) is 13.1. The zero-order chi connectivity index (χ0) is 18.7. The van der Waals surface area contributed by atoms with Gasteiger partial charge in [-0.1, -0.05) is 23.7 Å². The maximum atomic E-state index is 12.1. The molecule has 26 heavy (non-hydrogen) atoms. The Labute approximate surface area is 162 Å². The first-order chi connectivity index (χ1) is 12.4. The number of amides is 1. The summed E-state index contributed by atoms with van der Waals surface area (Å²) in [6, 6.07) is 9.47. The molecule has 0 bridgehead atoms. The van der Waals surface area contributed by atoms with Gasteiger partial charge in [0.1, 0.15) is 11.7 Å².